The van der Waals surface area contributed by atoms with Crippen molar-refractivity contribution in [3.8, 4) is 0 Å². The number of likely N-dealkylation sites (tertiary alicyclic amines) is 1. The monoisotopic (exact) mass is 247 g/mol. The van der Waals surface area contributed by atoms with E-state index in [1.165, 1.54) is 0 Å². The maximum Gasteiger partial charge on any atom is 0.274 e. The fourth-order valence-electron chi connectivity index (χ4n) is 3.43. The average molecular weight is 247 g/mol. The number of hydrogen-bond acceptors (Lipinski definition) is 3. The van der Waals surface area contributed by atoms with Crippen LogP contribution in [0.2, 0.25) is 0 Å². The Morgan fingerprint density at radius 1 is 1.28 bits per heavy atom. The number of amides is 1. The highest BCUT2D eigenvalue weighted by atomic mass is 16.5. The lowest BCUT2D eigenvalue weighted by Gasteiger charge is -2.31. The minimum Gasteiger partial charge on any atom is -0.371 e. The van der Waals surface area contributed by atoms with Crippen molar-refractivity contribution in [3.05, 3.63) is 17.0 Å². The molecule has 2 saturated heterocycles. The third-order valence-corrected chi connectivity index (χ3v) is 4.34. The van der Waals surface area contributed by atoms with Gasteiger partial charge in [-0.15, -0.1) is 0 Å². The summed E-state index contributed by atoms with van der Waals surface area (Å²) in [6.07, 6.45) is 5.84. The first kappa shape index (κ1) is 10.6. The van der Waals surface area contributed by atoms with Crippen molar-refractivity contribution in [1.82, 2.24) is 15.1 Å². The highest BCUT2D eigenvalue weighted by Crippen LogP contribution is 2.29. The fourth-order valence-corrected chi connectivity index (χ4v) is 3.43. The Bertz CT molecular complexity index is 484. The third-order valence-electron chi connectivity index (χ3n) is 4.34. The molecule has 3 heterocycles. The number of carbonyl (C=O) groups is 1. The van der Waals surface area contributed by atoms with Crippen LogP contribution < -0.4 is 0 Å². The second-order valence-electron chi connectivity index (χ2n) is 5.55. The van der Waals surface area contributed by atoms with E-state index in [4.69, 9.17) is 4.74 Å². The van der Waals surface area contributed by atoms with E-state index in [1.807, 2.05) is 4.90 Å². The molecule has 2 aliphatic heterocycles. The SMILES string of the molecule is O=C(c1n[nH]c2c1CCC2)N1CC2CCC(C1)O2. The van der Waals surface area contributed by atoms with E-state index in [2.05, 4.69) is 10.2 Å². The number of fused-ring (bicyclic) bond motifs is 3. The van der Waals surface area contributed by atoms with E-state index in [1.54, 1.807) is 0 Å². The zero-order chi connectivity index (χ0) is 12.1. The number of aryl methyl sites for hydroxylation is 1. The van der Waals surface area contributed by atoms with Crippen molar-refractivity contribution < 1.29 is 9.53 Å². The van der Waals surface area contributed by atoms with Crippen LogP contribution in [0, 0.1) is 0 Å². The Kier molecular flexibility index (Phi) is 2.24. The van der Waals surface area contributed by atoms with E-state index in [9.17, 15) is 4.79 Å². The van der Waals surface area contributed by atoms with Crippen LogP contribution in [0.15, 0.2) is 0 Å². The van der Waals surface area contributed by atoms with Gasteiger partial charge < -0.3 is 9.64 Å². The Morgan fingerprint density at radius 3 is 2.83 bits per heavy atom. The largest absolute Gasteiger partial charge is 0.371 e. The highest BCUT2D eigenvalue weighted by molar-refractivity contribution is 5.94. The van der Waals surface area contributed by atoms with Crippen molar-refractivity contribution in [2.75, 3.05) is 13.1 Å². The van der Waals surface area contributed by atoms with E-state index in [-0.39, 0.29) is 18.1 Å². The molecule has 2 unspecified atom stereocenters. The van der Waals surface area contributed by atoms with E-state index >= 15 is 0 Å². The molecular formula is C13H17N3O2. The van der Waals surface area contributed by atoms with Crippen LogP contribution in [0.25, 0.3) is 0 Å². The maximum atomic E-state index is 12.5. The van der Waals surface area contributed by atoms with Gasteiger partial charge in [0.15, 0.2) is 5.69 Å². The molecule has 5 nitrogen and oxygen atoms in total. The summed E-state index contributed by atoms with van der Waals surface area (Å²) in [6, 6.07) is 0. The Hall–Kier alpha value is -1.36. The molecule has 0 spiro atoms. The summed E-state index contributed by atoms with van der Waals surface area (Å²) in [4.78, 5) is 14.5. The van der Waals surface area contributed by atoms with Crippen molar-refractivity contribution >= 4 is 5.91 Å². The molecule has 4 rings (SSSR count). The molecule has 5 heteroatoms. The van der Waals surface area contributed by atoms with Crippen molar-refractivity contribution in [1.29, 1.82) is 0 Å². The van der Waals surface area contributed by atoms with Gasteiger partial charge in [-0.05, 0) is 32.1 Å². The lowest BCUT2D eigenvalue weighted by atomic mass is 10.1. The van der Waals surface area contributed by atoms with Crippen LogP contribution in [0.3, 0.4) is 0 Å². The Morgan fingerprint density at radius 2 is 2.06 bits per heavy atom. The molecule has 3 aliphatic rings. The van der Waals surface area contributed by atoms with Gasteiger partial charge >= 0.3 is 0 Å². The number of ether oxygens (including phenoxy) is 1. The predicted octanol–water partition coefficient (Wildman–Crippen LogP) is 0.902. The van der Waals surface area contributed by atoms with Gasteiger partial charge in [-0.2, -0.15) is 5.10 Å². The zero-order valence-electron chi connectivity index (χ0n) is 10.3. The summed E-state index contributed by atoms with van der Waals surface area (Å²) in [7, 11) is 0. The third kappa shape index (κ3) is 1.50. The van der Waals surface area contributed by atoms with Gasteiger partial charge in [-0.1, -0.05) is 0 Å². The van der Waals surface area contributed by atoms with Crippen LogP contribution in [0.4, 0.5) is 0 Å². The van der Waals surface area contributed by atoms with Crippen LogP contribution in [-0.2, 0) is 17.6 Å². The Labute approximate surface area is 105 Å². The molecule has 2 fully saturated rings. The number of rotatable bonds is 1. The number of aromatic amines is 1. The van der Waals surface area contributed by atoms with Crippen molar-refractivity contribution in [2.45, 2.75) is 44.3 Å². The number of nitrogens with one attached hydrogen (secondary N) is 1. The number of hydrogen-bond donors (Lipinski definition) is 1. The molecule has 2 bridgehead atoms. The maximum absolute atomic E-state index is 12.5. The molecule has 1 amide bonds. The van der Waals surface area contributed by atoms with Crippen LogP contribution in [-0.4, -0.2) is 46.3 Å². The van der Waals surface area contributed by atoms with E-state index < -0.39 is 0 Å². The number of aromatic nitrogens is 2. The van der Waals surface area contributed by atoms with Crippen molar-refractivity contribution in [2.24, 2.45) is 0 Å². The van der Waals surface area contributed by atoms with Crippen LogP contribution >= 0.6 is 0 Å². The second kappa shape index (κ2) is 3.82. The summed E-state index contributed by atoms with van der Waals surface area (Å²) in [6.45, 7) is 1.47. The van der Waals surface area contributed by atoms with E-state index in [0.717, 1.165) is 56.5 Å². The van der Waals surface area contributed by atoms with Crippen LogP contribution in [0.5, 0.6) is 0 Å². The molecule has 0 aromatic carbocycles. The summed E-state index contributed by atoms with van der Waals surface area (Å²) in [5, 5.41) is 7.24. The van der Waals surface area contributed by atoms with Gasteiger partial charge in [0.2, 0.25) is 0 Å². The highest BCUT2D eigenvalue weighted by Gasteiger charge is 2.37. The van der Waals surface area contributed by atoms with Gasteiger partial charge in [0.05, 0.1) is 12.2 Å². The van der Waals surface area contributed by atoms with Crippen molar-refractivity contribution in [3.63, 3.8) is 0 Å². The standard InChI is InChI=1S/C13H17N3O2/c17-13(12-10-2-1-3-11(10)14-15-12)16-6-8-4-5-9(7-16)18-8/h8-9H,1-7H2,(H,14,15). The lowest BCUT2D eigenvalue weighted by Crippen LogP contribution is -2.46. The van der Waals surface area contributed by atoms with Gasteiger partial charge in [0.25, 0.3) is 5.91 Å². The summed E-state index contributed by atoms with van der Waals surface area (Å²) >= 11 is 0. The molecule has 0 saturated carbocycles. The quantitative estimate of drug-likeness (QED) is 0.802. The van der Waals surface area contributed by atoms with Gasteiger partial charge in [0.1, 0.15) is 0 Å². The summed E-state index contributed by atoms with van der Waals surface area (Å²) in [5.74, 6) is 0.0922. The smallest absolute Gasteiger partial charge is 0.274 e. The number of H-pyrrole nitrogens is 1. The lowest BCUT2D eigenvalue weighted by molar-refractivity contribution is -0.0305. The van der Waals surface area contributed by atoms with Gasteiger partial charge in [-0.3, -0.25) is 9.89 Å². The first-order chi connectivity index (χ1) is 8.81. The minimum absolute atomic E-state index is 0.0922. The molecule has 1 aliphatic carbocycles. The molecule has 2 atom stereocenters. The molecule has 1 aromatic rings. The van der Waals surface area contributed by atoms with Crippen LogP contribution in [0.1, 0.15) is 41.0 Å². The summed E-state index contributed by atoms with van der Waals surface area (Å²) in [5.41, 5.74) is 2.97. The minimum atomic E-state index is 0.0922. The molecular weight excluding hydrogens is 230 g/mol. The van der Waals surface area contributed by atoms with Gasteiger partial charge in [-0.25, -0.2) is 0 Å². The number of morpholine rings is 1. The molecule has 1 N–H and O–H groups in total. The van der Waals surface area contributed by atoms with Gasteiger partial charge in [0, 0.05) is 24.3 Å². The molecule has 0 radical (unpaired) electrons. The second-order valence-corrected chi connectivity index (χ2v) is 5.55. The molecule has 18 heavy (non-hydrogen) atoms. The molecule has 1 aromatic heterocycles. The normalized spacial score (nSPS) is 29.7. The first-order valence-corrected chi connectivity index (χ1v) is 6.82. The first-order valence-electron chi connectivity index (χ1n) is 6.82. The average Bonchev–Trinajstić information content (AvgIpc) is 3.04. The number of nitrogens with zero attached hydrogens (tertiary/aromatic N) is 2. The van der Waals surface area contributed by atoms with E-state index in [0.29, 0.717) is 5.69 Å². The predicted molar refractivity (Wildman–Crippen MR) is 64.4 cm³/mol. The molecule has 96 valence electrons. The topological polar surface area (TPSA) is 58.2 Å². The Balaban J connectivity index is 1.59. The fraction of sp³-hybridized carbons (Fsp3) is 0.692. The summed E-state index contributed by atoms with van der Waals surface area (Å²) < 4.78 is 5.77. The number of carbonyl (C=O) groups excluding carboxylic acids is 1. The zero-order valence-corrected chi connectivity index (χ0v) is 10.3.